The minimum Gasteiger partial charge on any atom is -0.465 e. The number of hydrogen-bond acceptors (Lipinski definition) is 3. The zero-order valence-corrected chi connectivity index (χ0v) is 9.48. The molecule has 0 bridgehead atoms. The topological polar surface area (TPSA) is 52.3 Å². The minimum atomic E-state index is -0.493. The number of hydrogen-bond donors (Lipinski definition) is 1. The third-order valence-electron chi connectivity index (χ3n) is 3.15. The molecule has 0 amide bonds. The van der Waals surface area contributed by atoms with Crippen molar-refractivity contribution in [2.45, 2.75) is 25.8 Å². The van der Waals surface area contributed by atoms with Crippen LogP contribution in [0.25, 0.3) is 0 Å². The van der Waals surface area contributed by atoms with Crippen LogP contribution in [0.1, 0.15) is 18.1 Å². The van der Waals surface area contributed by atoms with Crippen molar-refractivity contribution in [3.8, 4) is 0 Å². The highest BCUT2D eigenvalue weighted by Gasteiger charge is 2.31. The summed E-state index contributed by atoms with van der Waals surface area (Å²) >= 11 is 0. The molecule has 0 saturated heterocycles. The van der Waals surface area contributed by atoms with Gasteiger partial charge in [0.2, 0.25) is 0 Å². The largest absolute Gasteiger partial charge is 0.465 e. The van der Waals surface area contributed by atoms with Crippen molar-refractivity contribution in [2.75, 3.05) is 6.61 Å². The van der Waals surface area contributed by atoms with E-state index in [-0.39, 0.29) is 11.9 Å². The van der Waals surface area contributed by atoms with Crippen LogP contribution in [-0.2, 0) is 22.4 Å². The zero-order valence-electron chi connectivity index (χ0n) is 9.48. The first-order chi connectivity index (χ1) is 7.72. The van der Waals surface area contributed by atoms with Crippen molar-refractivity contribution in [3.05, 3.63) is 35.4 Å². The van der Waals surface area contributed by atoms with E-state index in [0.717, 1.165) is 12.8 Å². The Balaban J connectivity index is 2.03. The third-order valence-corrected chi connectivity index (χ3v) is 3.15. The zero-order chi connectivity index (χ0) is 11.5. The SMILES string of the molecule is CCOC(=O)C(N)C1Cc2ccccc2C1. The second kappa shape index (κ2) is 4.66. The van der Waals surface area contributed by atoms with E-state index >= 15 is 0 Å². The van der Waals surface area contributed by atoms with Gasteiger partial charge in [0, 0.05) is 0 Å². The van der Waals surface area contributed by atoms with Crippen LogP contribution in [0.2, 0.25) is 0 Å². The first-order valence-electron chi connectivity index (χ1n) is 5.71. The maximum Gasteiger partial charge on any atom is 0.323 e. The minimum absolute atomic E-state index is 0.191. The molecule has 3 nitrogen and oxygen atoms in total. The predicted octanol–water partition coefficient (Wildman–Crippen LogP) is 1.29. The van der Waals surface area contributed by atoms with Crippen molar-refractivity contribution < 1.29 is 9.53 Å². The summed E-state index contributed by atoms with van der Waals surface area (Å²) in [6.45, 7) is 2.19. The van der Waals surface area contributed by atoms with Gasteiger partial charge in [0.05, 0.1) is 6.61 Å². The molecule has 1 aromatic carbocycles. The molecule has 0 spiro atoms. The molecule has 1 aliphatic rings. The molecule has 0 aromatic heterocycles. The summed E-state index contributed by atoms with van der Waals surface area (Å²) in [6, 6.07) is 7.77. The first-order valence-corrected chi connectivity index (χ1v) is 5.71. The highest BCUT2D eigenvalue weighted by Crippen LogP contribution is 2.28. The Kier molecular flexibility index (Phi) is 3.25. The van der Waals surface area contributed by atoms with Gasteiger partial charge in [-0.3, -0.25) is 4.79 Å². The Morgan fingerprint density at radius 3 is 2.50 bits per heavy atom. The van der Waals surface area contributed by atoms with E-state index in [4.69, 9.17) is 10.5 Å². The molecule has 0 radical (unpaired) electrons. The monoisotopic (exact) mass is 219 g/mol. The number of esters is 1. The van der Waals surface area contributed by atoms with Crippen LogP contribution < -0.4 is 5.73 Å². The second-order valence-corrected chi connectivity index (χ2v) is 4.21. The van der Waals surface area contributed by atoms with Gasteiger partial charge < -0.3 is 10.5 Å². The van der Waals surface area contributed by atoms with Gasteiger partial charge in [-0.25, -0.2) is 0 Å². The number of benzene rings is 1. The molecule has 0 saturated carbocycles. The molecular weight excluding hydrogens is 202 g/mol. The average molecular weight is 219 g/mol. The Hall–Kier alpha value is -1.35. The number of ether oxygens (including phenoxy) is 1. The molecule has 16 heavy (non-hydrogen) atoms. The molecule has 2 N–H and O–H groups in total. The Morgan fingerprint density at radius 1 is 1.44 bits per heavy atom. The number of carbonyl (C=O) groups is 1. The summed E-state index contributed by atoms with van der Waals surface area (Å²) in [7, 11) is 0. The number of fused-ring (bicyclic) bond motifs is 1. The highest BCUT2D eigenvalue weighted by atomic mass is 16.5. The van der Waals surface area contributed by atoms with Gasteiger partial charge in [0.15, 0.2) is 0 Å². The first kappa shape index (κ1) is 11.1. The number of rotatable bonds is 3. The van der Waals surface area contributed by atoms with Crippen LogP contribution in [0.3, 0.4) is 0 Å². The van der Waals surface area contributed by atoms with Gasteiger partial charge in [0.1, 0.15) is 6.04 Å². The summed E-state index contributed by atoms with van der Waals surface area (Å²) < 4.78 is 4.95. The maximum absolute atomic E-state index is 11.5. The summed E-state index contributed by atoms with van der Waals surface area (Å²) in [5.74, 6) is -0.0863. The van der Waals surface area contributed by atoms with Gasteiger partial charge in [0.25, 0.3) is 0 Å². The van der Waals surface area contributed by atoms with Crippen molar-refractivity contribution in [1.82, 2.24) is 0 Å². The molecule has 1 atom stereocenters. The summed E-state index contributed by atoms with van der Waals surface area (Å²) in [4.78, 5) is 11.5. The lowest BCUT2D eigenvalue weighted by atomic mass is 9.97. The molecule has 0 aliphatic heterocycles. The predicted molar refractivity (Wildman–Crippen MR) is 61.9 cm³/mol. The molecule has 86 valence electrons. The van der Waals surface area contributed by atoms with Gasteiger partial charge in [-0.2, -0.15) is 0 Å². The van der Waals surface area contributed by atoms with E-state index in [9.17, 15) is 4.79 Å². The summed E-state index contributed by atoms with van der Waals surface area (Å²) in [6.07, 6.45) is 1.77. The quantitative estimate of drug-likeness (QED) is 0.779. The average Bonchev–Trinajstić information content (AvgIpc) is 2.71. The molecule has 0 heterocycles. The summed E-state index contributed by atoms with van der Waals surface area (Å²) in [5, 5.41) is 0. The van der Waals surface area contributed by atoms with Gasteiger partial charge in [-0.05, 0) is 36.8 Å². The summed E-state index contributed by atoms with van der Waals surface area (Å²) in [5.41, 5.74) is 8.54. The van der Waals surface area contributed by atoms with Crippen molar-refractivity contribution >= 4 is 5.97 Å². The number of carbonyl (C=O) groups excluding carboxylic acids is 1. The standard InChI is InChI=1S/C13H17NO2/c1-2-16-13(15)12(14)11-7-9-5-3-4-6-10(9)8-11/h3-6,11-12H,2,7-8,14H2,1H3. The molecule has 2 rings (SSSR count). The van der Waals surface area contributed by atoms with E-state index < -0.39 is 6.04 Å². The number of nitrogens with two attached hydrogens (primary N) is 1. The van der Waals surface area contributed by atoms with E-state index in [2.05, 4.69) is 12.1 Å². The fourth-order valence-electron chi connectivity index (χ4n) is 2.28. The fraction of sp³-hybridized carbons (Fsp3) is 0.462. The molecule has 1 unspecified atom stereocenters. The second-order valence-electron chi connectivity index (χ2n) is 4.21. The lowest BCUT2D eigenvalue weighted by Crippen LogP contribution is -2.39. The van der Waals surface area contributed by atoms with Crippen LogP contribution in [0.4, 0.5) is 0 Å². The third kappa shape index (κ3) is 2.09. The van der Waals surface area contributed by atoms with Crippen molar-refractivity contribution in [2.24, 2.45) is 11.7 Å². The molecule has 3 heteroatoms. The van der Waals surface area contributed by atoms with Crippen LogP contribution in [0, 0.1) is 5.92 Å². The Morgan fingerprint density at radius 2 is 2.00 bits per heavy atom. The fourth-order valence-corrected chi connectivity index (χ4v) is 2.28. The molecular formula is C13H17NO2. The van der Waals surface area contributed by atoms with Gasteiger partial charge in [-0.15, -0.1) is 0 Å². The lowest BCUT2D eigenvalue weighted by molar-refractivity contribution is -0.145. The van der Waals surface area contributed by atoms with E-state index in [0.29, 0.717) is 6.61 Å². The highest BCUT2D eigenvalue weighted by molar-refractivity contribution is 5.76. The van der Waals surface area contributed by atoms with Crippen LogP contribution in [0.5, 0.6) is 0 Å². The Bertz CT molecular complexity index is 364. The van der Waals surface area contributed by atoms with Crippen LogP contribution >= 0.6 is 0 Å². The van der Waals surface area contributed by atoms with Gasteiger partial charge >= 0.3 is 5.97 Å². The van der Waals surface area contributed by atoms with Crippen LogP contribution in [-0.4, -0.2) is 18.6 Å². The molecule has 0 fully saturated rings. The Labute approximate surface area is 95.6 Å². The maximum atomic E-state index is 11.5. The smallest absolute Gasteiger partial charge is 0.323 e. The van der Waals surface area contributed by atoms with Crippen molar-refractivity contribution in [3.63, 3.8) is 0 Å². The van der Waals surface area contributed by atoms with Crippen molar-refractivity contribution in [1.29, 1.82) is 0 Å². The normalized spacial score (nSPS) is 16.9. The molecule has 1 aromatic rings. The lowest BCUT2D eigenvalue weighted by Gasteiger charge is -2.16. The molecule has 1 aliphatic carbocycles. The van der Waals surface area contributed by atoms with E-state index in [1.807, 2.05) is 12.1 Å². The van der Waals surface area contributed by atoms with E-state index in [1.165, 1.54) is 11.1 Å². The van der Waals surface area contributed by atoms with E-state index in [1.54, 1.807) is 6.92 Å². The van der Waals surface area contributed by atoms with Gasteiger partial charge in [-0.1, -0.05) is 24.3 Å². The van der Waals surface area contributed by atoms with Crippen LogP contribution in [0.15, 0.2) is 24.3 Å².